The first-order chi connectivity index (χ1) is 39.1. The number of aromatic nitrogens is 1. The number of aryl methyl sites for hydroxylation is 1. The molecule has 4 heterocycles. The van der Waals surface area contributed by atoms with E-state index in [1.807, 2.05) is 103 Å². The summed E-state index contributed by atoms with van der Waals surface area (Å²) in [5, 5.41) is 27.6. The predicted molar refractivity (Wildman–Crippen MR) is 324 cm³/mol. The molecular formula is C62H83Cl2N7O10S2. The molecule has 7 rings (SSSR count). The van der Waals surface area contributed by atoms with Crippen LogP contribution in [0.15, 0.2) is 78.3 Å². The van der Waals surface area contributed by atoms with E-state index in [2.05, 4.69) is 15.6 Å². The van der Waals surface area contributed by atoms with Gasteiger partial charge >= 0.3 is 5.97 Å². The van der Waals surface area contributed by atoms with Gasteiger partial charge < -0.3 is 35.5 Å². The number of likely N-dealkylation sites (tertiary alicyclic amines) is 2. The van der Waals surface area contributed by atoms with E-state index in [-0.39, 0.29) is 76.3 Å². The lowest BCUT2D eigenvalue weighted by Crippen LogP contribution is -2.61. The molecule has 452 valence electrons. The molecule has 21 heteroatoms. The number of aliphatic hydroxyl groups excluding tert-OH is 1. The quantitative estimate of drug-likeness (QED) is 0.0511. The number of aliphatic carboxylic acids is 1. The number of piperazine rings is 1. The van der Waals surface area contributed by atoms with Crippen LogP contribution in [0.1, 0.15) is 153 Å². The fraction of sp³-hybridized carbons (Fsp3) is 0.565. The van der Waals surface area contributed by atoms with Gasteiger partial charge in [0.2, 0.25) is 39.6 Å². The average Bonchev–Trinajstić information content (AvgIpc) is 4.09. The Balaban J connectivity index is 0.861. The topological polar surface area (TPSA) is 227 Å². The largest absolute Gasteiger partial charge is 0.481 e. The maximum Gasteiger partial charge on any atom is 0.304 e. The van der Waals surface area contributed by atoms with Gasteiger partial charge in [0, 0.05) is 74.5 Å². The van der Waals surface area contributed by atoms with E-state index in [0.29, 0.717) is 29.3 Å². The van der Waals surface area contributed by atoms with Crippen LogP contribution in [0.25, 0.3) is 10.4 Å². The van der Waals surface area contributed by atoms with Gasteiger partial charge in [-0.15, -0.1) is 11.3 Å². The number of unbranched alkanes of at least 4 members (excludes halogenated alkanes) is 5. The Bertz CT molecular complexity index is 3050. The van der Waals surface area contributed by atoms with Crippen LogP contribution in [0.2, 0.25) is 10.0 Å². The number of carboxylic acid groups (broad SMARTS) is 1. The average molecular weight is 1220 g/mol. The first-order valence-corrected chi connectivity index (χ1v) is 32.2. The fourth-order valence-electron chi connectivity index (χ4n) is 11.9. The van der Waals surface area contributed by atoms with Crippen LogP contribution in [0, 0.1) is 23.2 Å². The minimum absolute atomic E-state index is 0.0145. The van der Waals surface area contributed by atoms with E-state index in [1.54, 1.807) is 51.8 Å². The molecule has 0 unspecified atom stereocenters. The fourth-order valence-corrected chi connectivity index (χ4v) is 15.1. The van der Waals surface area contributed by atoms with Crippen LogP contribution in [0.4, 0.5) is 0 Å². The number of aliphatic hydroxyl groups is 1. The number of rotatable bonds is 23. The number of carbonyl (C=O) groups is 6. The summed E-state index contributed by atoms with van der Waals surface area (Å²) in [5.41, 5.74) is 3.34. The van der Waals surface area contributed by atoms with E-state index in [1.165, 1.54) is 9.21 Å². The van der Waals surface area contributed by atoms with Crippen molar-refractivity contribution >= 4 is 80.1 Å². The minimum atomic E-state index is -4.05. The normalized spacial score (nSPS) is 21.6. The van der Waals surface area contributed by atoms with Crippen molar-refractivity contribution in [3.05, 3.63) is 111 Å². The van der Waals surface area contributed by atoms with Gasteiger partial charge in [-0.1, -0.05) is 146 Å². The predicted octanol–water partition coefficient (Wildman–Crippen LogP) is 9.78. The van der Waals surface area contributed by atoms with Gasteiger partial charge in [0.15, 0.2) is 0 Å². The van der Waals surface area contributed by atoms with Crippen molar-refractivity contribution in [3.63, 3.8) is 0 Å². The number of hydrogen-bond acceptors (Lipinski definition) is 11. The molecule has 0 saturated carbocycles. The minimum Gasteiger partial charge on any atom is -0.481 e. The number of sulfonamides is 1. The van der Waals surface area contributed by atoms with Crippen molar-refractivity contribution < 1.29 is 47.4 Å². The molecule has 1 aromatic heterocycles. The molecule has 3 saturated heterocycles. The molecule has 3 aromatic carbocycles. The molecule has 17 nitrogen and oxygen atoms in total. The van der Waals surface area contributed by atoms with E-state index < -0.39 is 92.4 Å². The number of carboxylic acids is 1. The van der Waals surface area contributed by atoms with Crippen molar-refractivity contribution in [1.29, 1.82) is 0 Å². The van der Waals surface area contributed by atoms with Crippen molar-refractivity contribution in [2.24, 2.45) is 16.2 Å². The molecule has 0 spiro atoms. The van der Waals surface area contributed by atoms with Crippen LogP contribution in [0.5, 0.6) is 0 Å². The van der Waals surface area contributed by atoms with Gasteiger partial charge in [-0.2, -0.15) is 4.31 Å². The number of β-amino-alcohol motifs (C(OH)–C–C–N with tert-alkyl or cyclic N) is 1. The Labute approximate surface area is 503 Å². The van der Waals surface area contributed by atoms with Gasteiger partial charge in [0.05, 0.1) is 51.9 Å². The highest BCUT2D eigenvalue weighted by Gasteiger charge is 2.55. The third kappa shape index (κ3) is 16.7. The number of amides is 5. The Hall–Kier alpha value is -5.44. The van der Waals surface area contributed by atoms with Crippen molar-refractivity contribution in [1.82, 2.24) is 34.6 Å². The van der Waals surface area contributed by atoms with E-state index in [0.717, 1.165) is 58.5 Å². The molecule has 3 aliphatic rings. The second kappa shape index (κ2) is 27.7. The number of halogens is 2. The molecular weight excluding hydrogens is 1140 g/mol. The highest BCUT2D eigenvalue weighted by atomic mass is 35.5. The van der Waals surface area contributed by atoms with Crippen molar-refractivity contribution in [3.8, 4) is 10.4 Å². The van der Waals surface area contributed by atoms with Gasteiger partial charge in [0.1, 0.15) is 12.1 Å². The van der Waals surface area contributed by atoms with Crippen LogP contribution in [-0.4, -0.2) is 141 Å². The highest BCUT2D eigenvalue weighted by Crippen LogP contribution is 2.53. The Morgan fingerprint density at radius 1 is 0.831 bits per heavy atom. The Morgan fingerprint density at radius 3 is 2.06 bits per heavy atom. The maximum atomic E-state index is 15.1. The maximum absolute atomic E-state index is 15.1. The molecule has 5 amide bonds. The number of hydrogen-bond donors (Lipinski definition) is 4. The second-order valence-corrected chi connectivity index (χ2v) is 29.0. The third-order valence-electron chi connectivity index (χ3n) is 16.6. The molecule has 4 N–H and O–H groups in total. The smallest absolute Gasteiger partial charge is 0.304 e. The molecule has 7 atom stereocenters. The Morgan fingerprint density at radius 2 is 1.47 bits per heavy atom. The zero-order valence-electron chi connectivity index (χ0n) is 49.2. The number of thiazole rings is 1. The van der Waals surface area contributed by atoms with Crippen LogP contribution in [-0.2, 0) is 45.3 Å². The first-order valence-electron chi connectivity index (χ1n) is 28.9. The molecule has 3 aliphatic heterocycles. The lowest BCUT2D eigenvalue weighted by atomic mass is 9.66. The molecule has 0 bridgehead atoms. The number of nitrogens with zero attached hydrogens (tertiary/aromatic N) is 5. The summed E-state index contributed by atoms with van der Waals surface area (Å²) in [7, 11) is -4.05. The SMILES string of the molecule is Cc1ncsc1-c1ccc(CNC(=O)[C@@H]2C[C@@H](O)CN2C(=O)[C@@H](NC(=O)CCCCCCCCC(=O)N2CCN(S(=O)(=O)C[C@@H](N3C(=O)[C@@](C)(CC(=O)O)C[C@H](c4cccc(Cl)c4)[C@H]3c3ccc(Cl)cc3)C(C)(C)C)CC2)C(C)(C)C)cc1. The van der Waals surface area contributed by atoms with E-state index in [4.69, 9.17) is 23.2 Å². The van der Waals surface area contributed by atoms with Crippen molar-refractivity contribution in [2.45, 2.75) is 169 Å². The Kier molecular flexibility index (Phi) is 21.7. The van der Waals surface area contributed by atoms with Gasteiger partial charge in [-0.25, -0.2) is 13.4 Å². The summed E-state index contributed by atoms with van der Waals surface area (Å²) >= 11 is 14.5. The number of piperidine rings is 1. The van der Waals surface area contributed by atoms with E-state index >= 15 is 4.79 Å². The lowest BCUT2D eigenvalue weighted by molar-refractivity contribution is -0.162. The number of carbonyl (C=O) groups excluding carboxylic acids is 5. The summed E-state index contributed by atoms with van der Waals surface area (Å²) in [4.78, 5) is 92.1. The molecule has 0 aliphatic carbocycles. The van der Waals surface area contributed by atoms with Gasteiger partial charge in [-0.3, -0.25) is 28.8 Å². The molecule has 3 fully saturated rings. The van der Waals surface area contributed by atoms with Gasteiger partial charge in [0.25, 0.3) is 0 Å². The zero-order valence-corrected chi connectivity index (χ0v) is 52.3. The summed E-state index contributed by atoms with van der Waals surface area (Å²) in [6.45, 7) is 15.7. The third-order valence-corrected chi connectivity index (χ3v) is 19.9. The van der Waals surface area contributed by atoms with E-state index in [9.17, 15) is 42.6 Å². The number of nitrogens with one attached hydrogen (secondary N) is 2. The number of benzene rings is 3. The lowest BCUT2D eigenvalue weighted by Gasteiger charge is -2.54. The van der Waals surface area contributed by atoms with Crippen LogP contribution in [0.3, 0.4) is 0 Å². The van der Waals surface area contributed by atoms with Gasteiger partial charge in [-0.05, 0) is 83.5 Å². The molecule has 4 aromatic rings. The summed E-state index contributed by atoms with van der Waals surface area (Å²) in [6, 6.07) is 18.8. The second-order valence-electron chi connectivity index (χ2n) is 25.2. The zero-order chi connectivity index (χ0) is 60.6. The molecule has 0 radical (unpaired) electrons. The summed E-state index contributed by atoms with van der Waals surface area (Å²) < 4.78 is 30.7. The van der Waals surface area contributed by atoms with Crippen LogP contribution < -0.4 is 10.6 Å². The first kappa shape index (κ1) is 65.1. The van der Waals surface area contributed by atoms with Crippen molar-refractivity contribution in [2.75, 3.05) is 38.5 Å². The summed E-state index contributed by atoms with van der Waals surface area (Å²) in [5.74, 6) is -3.57. The highest BCUT2D eigenvalue weighted by molar-refractivity contribution is 7.89. The molecule has 83 heavy (non-hydrogen) atoms. The van der Waals surface area contributed by atoms with Crippen LogP contribution >= 0.6 is 34.5 Å². The standard InChI is InChI=1S/C62H83Cl2N7O10S2/c1-40-55(82-39-66-40)43-22-20-41(21-23-43)36-65-57(77)49-33-47(72)37-70(49)58(78)56(61(5,6)7)67-51(73)18-13-11-9-10-12-14-19-52(74)68-28-30-69(31-29-68)83(80,81)38-50(60(2,3)4)71-54(42-24-26-45(63)27-25-42)48(44-16-15-17-46(64)32-44)34-62(8,59(71)79)35-53(75)76/h15-17,20-27,32,39,47-50,54,56,72H,9-14,18-19,28-31,33-38H2,1-8H3,(H,65,77)(H,67,73)(H,75,76)/t47-,48-,49+,50-,54-,56-,62-/m1/s1. The monoisotopic (exact) mass is 1220 g/mol. The summed E-state index contributed by atoms with van der Waals surface area (Å²) in [6.07, 6.45) is 3.98.